The molecule has 0 amide bonds. The molecule has 0 heterocycles. The molecular weight excluding hydrogens is 396 g/mol. The molecule has 0 saturated heterocycles. The Morgan fingerprint density at radius 2 is 2.06 bits per heavy atom. The Hall–Kier alpha value is -1.95. The van der Waals surface area contributed by atoms with Crippen LogP contribution in [0, 0.1) is 28.6 Å². The van der Waals surface area contributed by atoms with Crippen molar-refractivity contribution >= 4 is 18.2 Å². The highest BCUT2D eigenvalue weighted by Crippen LogP contribution is 2.65. The molecule has 170 valence electrons. The van der Waals surface area contributed by atoms with Crippen LogP contribution >= 0.6 is 0 Å². The van der Waals surface area contributed by atoms with Crippen LogP contribution in [0.3, 0.4) is 0 Å². The predicted octanol–water partition coefficient (Wildman–Crippen LogP) is 4.16. The van der Waals surface area contributed by atoms with E-state index in [1.165, 1.54) is 0 Å². The van der Waals surface area contributed by atoms with E-state index >= 15 is 0 Å². The summed E-state index contributed by atoms with van der Waals surface area (Å²) in [5, 5.41) is 11.4. The van der Waals surface area contributed by atoms with Crippen molar-refractivity contribution in [2.75, 3.05) is 6.61 Å². The Balaban J connectivity index is 1.63. The Morgan fingerprint density at radius 3 is 2.77 bits per heavy atom. The minimum Gasteiger partial charge on any atom is -0.435 e. The second-order valence-electron chi connectivity index (χ2n) is 10.2. The molecule has 0 bridgehead atoms. The lowest BCUT2D eigenvalue weighted by Gasteiger charge is -2.58. The zero-order valence-electron chi connectivity index (χ0n) is 18.8. The van der Waals surface area contributed by atoms with Gasteiger partial charge in [-0.3, -0.25) is 4.79 Å². The summed E-state index contributed by atoms with van der Waals surface area (Å²) in [4.78, 5) is 35.4. The Labute approximate surface area is 184 Å². The first-order valence-corrected chi connectivity index (χ1v) is 11.7. The second kappa shape index (κ2) is 8.19. The van der Waals surface area contributed by atoms with Crippen molar-refractivity contribution in [1.82, 2.24) is 0 Å². The molecule has 6 heteroatoms. The highest BCUT2D eigenvalue weighted by molar-refractivity contribution is 6.06. The van der Waals surface area contributed by atoms with Crippen molar-refractivity contribution in [3.8, 4) is 0 Å². The van der Waals surface area contributed by atoms with Crippen LogP contribution in [0.15, 0.2) is 23.3 Å². The summed E-state index contributed by atoms with van der Waals surface area (Å²) >= 11 is 0. The largest absolute Gasteiger partial charge is 0.508 e. The van der Waals surface area contributed by atoms with Crippen molar-refractivity contribution in [1.29, 1.82) is 0 Å². The van der Waals surface area contributed by atoms with Crippen LogP contribution in [0.5, 0.6) is 0 Å². The zero-order valence-corrected chi connectivity index (χ0v) is 18.8. The van der Waals surface area contributed by atoms with Crippen LogP contribution in [0.25, 0.3) is 0 Å². The molecule has 3 fully saturated rings. The number of carbonyl (C=O) groups excluding carboxylic acids is 3. The summed E-state index contributed by atoms with van der Waals surface area (Å²) in [5.41, 5.74) is 1.14. The molecule has 0 spiro atoms. The zero-order chi connectivity index (χ0) is 22.4. The summed E-state index contributed by atoms with van der Waals surface area (Å²) in [6.07, 6.45) is 8.11. The number of fused-ring (bicyclic) bond motifs is 5. The van der Waals surface area contributed by atoms with Crippen LogP contribution in [0.2, 0.25) is 0 Å². The van der Waals surface area contributed by atoms with Crippen LogP contribution in [0.1, 0.15) is 65.7 Å². The summed E-state index contributed by atoms with van der Waals surface area (Å²) in [7, 11) is 0. The van der Waals surface area contributed by atoms with Crippen molar-refractivity contribution in [3.05, 3.63) is 23.3 Å². The van der Waals surface area contributed by atoms with E-state index in [0.717, 1.165) is 37.5 Å². The van der Waals surface area contributed by atoms with E-state index in [2.05, 4.69) is 19.9 Å². The highest BCUT2D eigenvalue weighted by Gasteiger charge is 2.62. The average molecular weight is 431 g/mol. The summed E-state index contributed by atoms with van der Waals surface area (Å²) in [6.45, 7) is 6.34. The van der Waals surface area contributed by atoms with Crippen LogP contribution in [-0.4, -0.2) is 42.1 Å². The number of aldehydes is 1. The fourth-order valence-electron chi connectivity index (χ4n) is 7.33. The molecular formula is C25H34O6. The third kappa shape index (κ3) is 3.57. The quantitative estimate of drug-likeness (QED) is 0.520. The molecule has 0 radical (unpaired) electrons. The number of ether oxygens (including phenoxy) is 2. The molecule has 31 heavy (non-hydrogen) atoms. The molecule has 1 N–H and O–H groups in total. The SMILES string of the molecule is CCOC(=O)O[C@H]1CC[C@H]2[C@@H]3CCC4=CC(=O)C(CCC=O)=C[C@]4(C)[C@H]3[C@@H](O)C[C@]12C. The smallest absolute Gasteiger partial charge is 0.435 e. The number of carbonyl (C=O) groups is 3. The minimum absolute atomic E-state index is 0.00618. The van der Waals surface area contributed by atoms with Gasteiger partial charge in [-0.1, -0.05) is 25.5 Å². The van der Waals surface area contributed by atoms with E-state index in [1.807, 2.05) is 0 Å². The van der Waals surface area contributed by atoms with E-state index in [-0.39, 0.29) is 35.2 Å². The normalized spacial score (nSPS) is 41.3. The molecule has 4 aliphatic carbocycles. The topological polar surface area (TPSA) is 89.9 Å². The summed E-state index contributed by atoms with van der Waals surface area (Å²) in [6, 6.07) is 0. The average Bonchev–Trinajstić information content (AvgIpc) is 3.02. The molecule has 3 saturated carbocycles. The fourth-order valence-corrected chi connectivity index (χ4v) is 7.33. The van der Waals surface area contributed by atoms with Crippen LogP contribution in [0.4, 0.5) is 4.79 Å². The predicted molar refractivity (Wildman–Crippen MR) is 114 cm³/mol. The number of hydrogen-bond donors (Lipinski definition) is 1. The van der Waals surface area contributed by atoms with Gasteiger partial charge < -0.3 is 19.4 Å². The van der Waals surface area contributed by atoms with Crippen molar-refractivity contribution < 1.29 is 29.0 Å². The molecule has 0 aliphatic heterocycles. The molecule has 0 unspecified atom stereocenters. The molecule has 0 aromatic heterocycles. The second-order valence-corrected chi connectivity index (χ2v) is 10.2. The van der Waals surface area contributed by atoms with E-state index in [4.69, 9.17) is 9.47 Å². The number of allylic oxidation sites excluding steroid dienone is 4. The van der Waals surface area contributed by atoms with Gasteiger partial charge in [-0.2, -0.15) is 0 Å². The van der Waals surface area contributed by atoms with E-state index in [9.17, 15) is 19.5 Å². The van der Waals surface area contributed by atoms with Gasteiger partial charge in [0.25, 0.3) is 0 Å². The molecule has 0 aromatic carbocycles. The van der Waals surface area contributed by atoms with Crippen LogP contribution in [-0.2, 0) is 19.1 Å². The van der Waals surface area contributed by atoms with E-state index < -0.39 is 12.3 Å². The monoisotopic (exact) mass is 430 g/mol. The minimum atomic E-state index is -0.625. The Morgan fingerprint density at radius 1 is 1.29 bits per heavy atom. The maximum absolute atomic E-state index is 12.6. The van der Waals surface area contributed by atoms with Crippen LogP contribution < -0.4 is 0 Å². The first kappa shape index (κ1) is 22.3. The van der Waals surface area contributed by atoms with Gasteiger partial charge in [0.05, 0.1) is 12.7 Å². The van der Waals surface area contributed by atoms with Gasteiger partial charge in [-0.15, -0.1) is 0 Å². The number of rotatable bonds is 5. The van der Waals surface area contributed by atoms with Crippen molar-refractivity contribution in [3.63, 3.8) is 0 Å². The van der Waals surface area contributed by atoms with Crippen molar-refractivity contribution in [2.24, 2.45) is 28.6 Å². The molecule has 4 rings (SSSR count). The van der Waals surface area contributed by atoms with Gasteiger partial charge in [-0.25, -0.2) is 4.79 Å². The maximum Gasteiger partial charge on any atom is 0.508 e. The van der Waals surface area contributed by atoms with Crippen molar-refractivity contribution in [2.45, 2.75) is 77.9 Å². The van der Waals surface area contributed by atoms with E-state index in [0.29, 0.717) is 36.7 Å². The Kier molecular flexibility index (Phi) is 5.88. The van der Waals surface area contributed by atoms with Gasteiger partial charge in [0.15, 0.2) is 5.78 Å². The van der Waals surface area contributed by atoms with Gasteiger partial charge in [0.1, 0.15) is 12.4 Å². The molecule has 6 nitrogen and oxygen atoms in total. The first-order valence-electron chi connectivity index (χ1n) is 11.7. The third-order valence-corrected chi connectivity index (χ3v) is 8.62. The third-order valence-electron chi connectivity index (χ3n) is 8.62. The summed E-state index contributed by atoms with van der Waals surface area (Å²) < 4.78 is 10.7. The Bertz CT molecular complexity index is 828. The molecule has 0 aromatic rings. The van der Waals surface area contributed by atoms with E-state index in [1.54, 1.807) is 13.0 Å². The lowest BCUT2D eigenvalue weighted by Crippen LogP contribution is -2.57. The van der Waals surface area contributed by atoms with Gasteiger partial charge in [0.2, 0.25) is 0 Å². The van der Waals surface area contributed by atoms with Gasteiger partial charge in [0, 0.05) is 23.2 Å². The van der Waals surface area contributed by atoms with Gasteiger partial charge >= 0.3 is 6.16 Å². The highest BCUT2D eigenvalue weighted by atomic mass is 16.7. The molecule has 4 aliphatic rings. The van der Waals surface area contributed by atoms with Gasteiger partial charge in [-0.05, 0) is 68.9 Å². The number of hydrogen-bond acceptors (Lipinski definition) is 6. The number of aliphatic hydroxyl groups excluding tert-OH is 1. The first-order chi connectivity index (χ1) is 14.7. The standard InChI is InChI=1S/C25H34O6/c1-4-30-23(29)31-21-10-9-18-17-8-7-16-12-19(27)15(6-5-11-26)13-24(16,2)22(17)20(28)14-25(18,21)3/h11-13,17-18,20-22,28H,4-10,14H2,1-3H3/t17-,18-,20-,21-,22+,24-,25-/m0/s1. The number of ketones is 1. The number of aliphatic hydroxyl groups is 1. The lowest BCUT2D eigenvalue weighted by molar-refractivity contribution is -0.134. The fraction of sp³-hybridized carbons (Fsp3) is 0.720. The summed E-state index contributed by atoms with van der Waals surface area (Å²) in [5.74, 6) is 0.671. The lowest BCUT2D eigenvalue weighted by atomic mass is 9.47. The molecule has 7 atom stereocenters. The maximum atomic E-state index is 12.6.